The van der Waals surface area contributed by atoms with Gasteiger partial charge in [0.15, 0.2) is 11.6 Å². The Balaban J connectivity index is 1.67. The van der Waals surface area contributed by atoms with Crippen molar-refractivity contribution in [2.75, 3.05) is 0 Å². The number of benzene rings is 1. The van der Waals surface area contributed by atoms with Crippen molar-refractivity contribution in [3.63, 3.8) is 0 Å². The first kappa shape index (κ1) is 18.2. The van der Waals surface area contributed by atoms with Crippen molar-refractivity contribution in [2.45, 2.75) is 26.1 Å². The van der Waals surface area contributed by atoms with Crippen LogP contribution in [0.1, 0.15) is 23.1 Å². The molecule has 0 radical (unpaired) electrons. The monoisotopic (exact) mass is 421 g/mol. The molecule has 0 saturated carbocycles. The highest BCUT2D eigenvalue weighted by molar-refractivity contribution is 6.43. The summed E-state index contributed by atoms with van der Waals surface area (Å²) in [5, 5.41) is 9.67. The zero-order valence-corrected chi connectivity index (χ0v) is 16.5. The summed E-state index contributed by atoms with van der Waals surface area (Å²) in [6, 6.07) is 8.39. The van der Waals surface area contributed by atoms with E-state index < -0.39 is 0 Å². The molecule has 0 saturated heterocycles. The minimum atomic E-state index is -0.188. The lowest BCUT2D eigenvalue weighted by Gasteiger charge is -2.34. The van der Waals surface area contributed by atoms with Gasteiger partial charge in [0.05, 0.1) is 22.2 Å². The van der Waals surface area contributed by atoms with Crippen molar-refractivity contribution in [1.82, 2.24) is 24.6 Å². The Morgan fingerprint density at radius 1 is 1.19 bits per heavy atom. The van der Waals surface area contributed by atoms with E-state index in [1.54, 1.807) is 41.4 Å². The minimum Gasteiger partial charge on any atom is -0.327 e. The third-order valence-electron chi connectivity index (χ3n) is 4.51. The molecule has 138 valence electrons. The molecule has 1 aromatic carbocycles. The molecule has 6 nitrogen and oxygen atoms in total. The van der Waals surface area contributed by atoms with Crippen LogP contribution in [0.2, 0.25) is 15.1 Å². The Morgan fingerprint density at radius 3 is 2.78 bits per heavy atom. The van der Waals surface area contributed by atoms with E-state index in [0.29, 0.717) is 46.0 Å². The predicted molar refractivity (Wildman–Crippen MR) is 104 cm³/mol. The first-order chi connectivity index (χ1) is 13.0. The molecule has 1 aliphatic heterocycles. The third kappa shape index (κ3) is 3.29. The molecule has 3 aromatic rings. The standard InChI is InChI=1S/C18H14Cl3N5O/c1-10-8-26-15(23-24-17(26)14-7-11(19)5-6-22-14)9-25(10)18(27)12-3-2-4-13(20)16(12)21/h2-7,10H,8-9H2,1H3/t10-/m0/s1. The van der Waals surface area contributed by atoms with E-state index in [9.17, 15) is 4.79 Å². The summed E-state index contributed by atoms with van der Waals surface area (Å²) in [5.41, 5.74) is 1.02. The van der Waals surface area contributed by atoms with Crippen molar-refractivity contribution in [3.05, 3.63) is 63.0 Å². The number of amides is 1. The molecule has 0 spiro atoms. The molecule has 0 N–H and O–H groups in total. The Labute approximate surface area is 170 Å². The summed E-state index contributed by atoms with van der Waals surface area (Å²) in [6.45, 7) is 2.82. The number of fused-ring (bicyclic) bond motifs is 1. The highest BCUT2D eigenvalue weighted by atomic mass is 35.5. The fraction of sp³-hybridized carbons (Fsp3) is 0.222. The summed E-state index contributed by atoms with van der Waals surface area (Å²) < 4.78 is 1.96. The Bertz CT molecular complexity index is 1040. The SMILES string of the molecule is C[C@H]1Cn2c(nnc2-c2cc(Cl)ccn2)CN1C(=O)c1cccc(Cl)c1Cl. The van der Waals surface area contributed by atoms with E-state index in [1.165, 1.54) is 0 Å². The van der Waals surface area contributed by atoms with Gasteiger partial charge in [-0.05, 0) is 31.2 Å². The normalized spacial score (nSPS) is 16.3. The highest BCUT2D eigenvalue weighted by Gasteiger charge is 2.32. The summed E-state index contributed by atoms with van der Waals surface area (Å²) in [4.78, 5) is 19.0. The number of halogens is 3. The van der Waals surface area contributed by atoms with Crippen molar-refractivity contribution in [2.24, 2.45) is 0 Å². The maximum atomic E-state index is 13.0. The van der Waals surface area contributed by atoms with Crippen molar-refractivity contribution in [3.8, 4) is 11.5 Å². The first-order valence-corrected chi connectivity index (χ1v) is 9.38. The van der Waals surface area contributed by atoms with Crippen LogP contribution in [0.25, 0.3) is 11.5 Å². The van der Waals surface area contributed by atoms with Crippen LogP contribution in [0.5, 0.6) is 0 Å². The molecule has 1 amide bonds. The van der Waals surface area contributed by atoms with Crippen molar-refractivity contribution < 1.29 is 4.79 Å². The molecule has 0 bridgehead atoms. The average molecular weight is 423 g/mol. The molecular weight excluding hydrogens is 409 g/mol. The van der Waals surface area contributed by atoms with Gasteiger partial charge in [-0.25, -0.2) is 0 Å². The van der Waals surface area contributed by atoms with Crippen LogP contribution >= 0.6 is 34.8 Å². The van der Waals surface area contributed by atoms with Gasteiger partial charge in [0.2, 0.25) is 0 Å². The van der Waals surface area contributed by atoms with Crippen molar-refractivity contribution in [1.29, 1.82) is 0 Å². The summed E-state index contributed by atoms with van der Waals surface area (Å²) in [5.74, 6) is 1.12. The summed E-state index contributed by atoms with van der Waals surface area (Å²) in [6.07, 6.45) is 1.63. The number of carbonyl (C=O) groups is 1. The van der Waals surface area contributed by atoms with Gasteiger partial charge in [0.25, 0.3) is 5.91 Å². The lowest BCUT2D eigenvalue weighted by Crippen LogP contribution is -2.45. The van der Waals surface area contributed by atoms with Gasteiger partial charge in [-0.2, -0.15) is 0 Å². The second-order valence-electron chi connectivity index (χ2n) is 6.29. The zero-order chi connectivity index (χ0) is 19.1. The van der Waals surface area contributed by atoms with E-state index in [2.05, 4.69) is 15.2 Å². The number of hydrogen-bond acceptors (Lipinski definition) is 4. The number of carbonyl (C=O) groups excluding carboxylic acids is 1. The molecule has 1 aliphatic rings. The quantitative estimate of drug-likeness (QED) is 0.616. The van der Waals surface area contributed by atoms with E-state index in [1.807, 2.05) is 11.5 Å². The van der Waals surface area contributed by atoms with E-state index in [0.717, 1.165) is 0 Å². The van der Waals surface area contributed by atoms with Crippen LogP contribution in [0.3, 0.4) is 0 Å². The fourth-order valence-electron chi connectivity index (χ4n) is 3.13. The van der Waals surface area contributed by atoms with Crippen LogP contribution in [0.15, 0.2) is 36.5 Å². The Morgan fingerprint density at radius 2 is 2.00 bits per heavy atom. The predicted octanol–water partition coefficient (Wildman–Crippen LogP) is 4.34. The van der Waals surface area contributed by atoms with Gasteiger partial charge in [0.1, 0.15) is 5.69 Å². The van der Waals surface area contributed by atoms with Crippen LogP contribution < -0.4 is 0 Å². The number of hydrogen-bond donors (Lipinski definition) is 0. The van der Waals surface area contributed by atoms with Gasteiger partial charge in [0, 0.05) is 23.8 Å². The van der Waals surface area contributed by atoms with Gasteiger partial charge in [-0.15, -0.1) is 10.2 Å². The minimum absolute atomic E-state index is 0.0889. The molecule has 9 heteroatoms. The molecule has 0 unspecified atom stereocenters. The largest absolute Gasteiger partial charge is 0.327 e. The average Bonchev–Trinajstić information content (AvgIpc) is 3.05. The number of pyridine rings is 1. The maximum absolute atomic E-state index is 13.0. The Kier molecular flexibility index (Phi) is 4.80. The molecule has 27 heavy (non-hydrogen) atoms. The van der Waals surface area contributed by atoms with Gasteiger partial charge >= 0.3 is 0 Å². The van der Waals surface area contributed by atoms with Gasteiger partial charge in [-0.3, -0.25) is 9.78 Å². The highest BCUT2D eigenvalue weighted by Crippen LogP contribution is 2.30. The number of nitrogens with zero attached hydrogens (tertiary/aromatic N) is 5. The van der Waals surface area contributed by atoms with Gasteiger partial charge in [-0.1, -0.05) is 40.9 Å². The van der Waals surface area contributed by atoms with Crippen LogP contribution in [0, 0.1) is 0 Å². The fourth-order valence-corrected chi connectivity index (χ4v) is 3.67. The number of aromatic nitrogens is 4. The molecule has 4 rings (SSSR count). The molecule has 0 aliphatic carbocycles. The molecule has 2 aromatic heterocycles. The van der Waals surface area contributed by atoms with E-state index in [-0.39, 0.29) is 17.0 Å². The van der Waals surface area contributed by atoms with Crippen LogP contribution in [-0.2, 0) is 13.1 Å². The van der Waals surface area contributed by atoms with Crippen LogP contribution in [-0.4, -0.2) is 36.6 Å². The first-order valence-electron chi connectivity index (χ1n) is 8.24. The smallest absolute Gasteiger partial charge is 0.256 e. The summed E-state index contributed by atoms with van der Waals surface area (Å²) >= 11 is 18.3. The lowest BCUT2D eigenvalue weighted by atomic mass is 10.1. The second-order valence-corrected chi connectivity index (χ2v) is 7.51. The Hall–Kier alpha value is -2.15. The summed E-state index contributed by atoms with van der Waals surface area (Å²) in [7, 11) is 0. The molecule has 3 heterocycles. The maximum Gasteiger partial charge on any atom is 0.256 e. The second kappa shape index (κ2) is 7.11. The molecule has 1 atom stereocenters. The lowest BCUT2D eigenvalue weighted by molar-refractivity contribution is 0.0612. The number of rotatable bonds is 2. The molecule has 0 fully saturated rings. The van der Waals surface area contributed by atoms with E-state index >= 15 is 0 Å². The molecular formula is C18H14Cl3N5O. The topological polar surface area (TPSA) is 63.9 Å². The van der Waals surface area contributed by atoms with E-state index in [4.69, 9.17) is 34.8 Å². The van der Waals surface area contributed by atoms with Gasteiger partial charge < -0.3 is 9.47 Å². The third-order valence-corrected chi connectivity index (χ3v) is 5.57. The van der Waals surface area contributed by atoms with Crippen molar-refractivity contribution >= 4 is 40.7 Å². The zero-order valence-electron chi connectivity index (χ0n) is 14.2. The van der Waals surface area contributed by atoms with Crippen LogP contribution in [0.4, 0.5) is 0 Å².